The lowest BCUT2D eigenvalue weighted by Gasteiger charge is -2.14. The molecule has 66 valence electrons. The highest BCUT2D eigenvalue weighted by molar-refractivity contribution is 5.18. The number of ether oxygens (including phenoxy) is 1. The van der Waals surface area contributed by atoms with Crippen molar-refractivity contribution in [3.05, 3.63) is 35.9 Å². The van der Waals surface area contributed by atoms with Gasteiger partial charge in [-0.25, -0.2) is 0 Å². The summed E-state index contributed by atoms with van der Waals surface area (Å²) in [4.78, 5) is 0. The first-order chi connectivity index (χ1) is 5.88. The Hall–Kier alpha value is -0.900. The lowest BCUT2D eigenvalue weighted by atomic mass is 10.1. The van der Waals surface area contributed by atoms with Crippen LogP contribution in [-0.2, 0) is 4.74 Å². The molecule has 0 fully saturated rings. The third-order valence-electron chi connectivity index (χ3n) is 1.74. The standard InChI is InChI=1S/C9H14N2O/c1-12-7-9(11-10)8-5-3-2-4-6-8/h2-6,9,11H,7,10H2,1H3/t9-/m1/s1. The first kappa shape index (κ1) is 9.19. The molecule has 0 heterocycles. The number of nitrogens with one attached hydrogen (secondary N) is 1. The topological polar surface area (TPSA) is 47.3 Å². The van der Waals surface area contributed by atoms with Gasteiger partial charge in [0.15, 0.2) is 0 Å². The number of hydrogen-bond donors (Lipinski definition) is 2. The maximum Gasteiger partial charge on any atom is 0.0693 e. The van der Waals surface area contributed by atoms with Crippen LogP contribution in [0.5, 0.6) is 0 Å². The van der Waals surface area contributed by atoms with Crippen molar-refractivity contribution in [3.63, 3.8) is 0 Å². The number of rotatable bonds is 4. The maximum atomic E-state index is 5.36. The second kappa shape index (κ2) is 4.87. The zero-order chi connectivity index (χ0) is 8.81. The quantitative estimate of drug-likeness (QED) is 0.514. The number of hydrazine groups is 1. The highest BCUT2D eigenvalue weighted by atomic mass is 16.5. The van der Waals surface area contributed by atoms with Crippen molar-refractivity contribution in [1.82, 2.24) is 5.43 Å². The van der Waals surface area contributed by atoms with Crippen molar-refractivity contribution in [2.45, 2.75) is 6.04 Å². The first-order valence-corrected chi connectivity index (χ1v) is 3.88. The Balaban J connectivity index is 2.66. The fourth-order valence-corrected chi connectivity index (χ4v) is 1.09. The molecule has 0 radical (unpaired) electrons. The summed E-state index contributed by atoms with van der Waals surface area (Å²) in [7, 11) is 1.66. The van der Waals surface area contributed by atoms with Crippen LogP contribution in [0.3, 0.4) is 0 Å². The Bertz CT molecular complexity index is 213. The molecule has 3 heteroatoms. The number of methoxy groups -OCH3 is 1. The van der Waals surface area contributed by atoms with Crippen molar-refractivity contribution in [1.29, 1.82) is 0 Å². The molecule has 0 aliphatic rings. The summed E-state index contributed by atoms with van der Waals surface area (Å²) in [5, 5.41) is 0. The Morgan fingerprint density at radius 1 is 1.42 bits per heavy atom. The molecule has 0 aliphatic carbocycles. The highest BCUT2D eigenvalue weighted by Gasteiger charge is 2.06. The van der Waals surface area contributed by atoms with Gasteiger partial charge in [0.05, 0.1) is 12.6 Å². The highest BCUT2D eigenvalue weighted by Crippen LogP contribution is 2.10. The normalized spacial score (nSPS) is 12.8. The van der Waals surface area contributed by atoms with Gasteiger partial charge in [0.1, 0.15) is 0 Å². The molecular weight excluding hydrogens is 152 g/mol. The van der Waals surface area contributed by atoms with Crippen molar-refractivity contribution < 1.29 is 4.74 Å². The van der Waals surface area contributed by atoms with E-state index in [1.807, 2.05) is 30.3 Å². The van der Waals surface area contributed by atoms with Gasteiger partial charge in [-0.1, -0.05) is 30.3 Å². The van der Waals surface area contributed by atoms with Gasteiger partial charge in [-0.3, -0.25) is 11.3 Å². The van der Waals surface area contributed by atoms with E-state index in [4.69, 9.17) is 10.6 Å². The SMILES string of the molecule is COC[C@@H](NN)c1ccccc1. The summed E-state index contributed by atoms with van der Waals surface area (Å²) in [5.41, 5.74) is 3.83. The third-order valence-corrected chi connectivity index (χ3v) is 1.74. The van der Waals surface area contributed by atoms with Gasteiger partial charge in [0, 0.05) is 7.11 Å². The van der Waals surface area contributed by atoms with Crippen LogP contribution < -0.4 is 11.3 Å². The summed E-state index contributed by atoms with van der Waals surface area (Å²) >= 11 is 0. The van der Waals surface area contributed by atoms with E-state index in [1.165, 1.54) is 0 Å². The van der Waals surface area contributed by atoms with E-state index in [0.717, 1.165) is 5.56 Å². The van der Waals surface area contributed by atoms with E-state index in [2.05, 4.69) is 5.43 Å². The van der Waals surface area contributed by atoms with Gasteiger partial charge in [0.25, 0.3) is 0 Å². The van der Waals surface area contributed by atoms with E-state index >= 15 is 0 Å². The van der Waals surface area contributed by atoms with Crippen molar-refractivity contribution >= 4 is 0 Å². The van der Waals surface area contributed by atoms with Crippen LogP contribution >= 0.6 is 0 Å². The second-order valence-corrected chi connectivity index (χ2v) is 2.59. The van der Waals surface area contributed by atoms with E-state index in [1.54, 1.807) is 7.11 Å². The van der Waals surface area contributed by atoms with Crippen molar-refractivity contribution in [2.24, 2.45) is 5.84 Å². The zero-order valence-electron chi connectivity index (χ0n) is 7.16. The Morgan fingerprint density at radius 2 is 2.08 bits per heavy atom. The van der Waals surface area contributed by atoms with Crippen LogP contribution in [0.1, 0.15) is 11.6 Å². The lowest BCUT2D eigenvalue weighted by molar-refractivity contribution is 0.167. The number of nitrogens with two attached hydrogens (primary N) is 1. The summed E-state index contributed by atoms with van der Waals surface area (Å²) in [6.45, 7) is 0.584. The average molecular weight is 166 g/mol. The molecular formula is C9H14N2O. The molecule has 3 N–H and O–H groups in total. The van der Waals surface area contributed by atoms with Gasteiger partial charge in [-0.05, 0) is 5.56 Å². The summed E-state index contributed by atoms with van der Waals surface area (Å²) in [6, 6.07) is 10.1. The molecule has 0 bridgehead atoms. The first-order valence-electron chi connectivity index (χ1n) is 3.88. The Morgan fingerprint density at radius 3 is 2.58 bits per heavy atom. The van der Waals surface area contributed by atoms with Crippen LogP contribution in [0.2, 0.25) is 0 Å². The molecule has 1 aromatic rings. The molecule has 0 aromatic heterocycles. The molecule has 12 heavy (non-hydrogen) atoms. The molecule has 0 saturated heterocycles. The van der Waals surface area contributed by atoms with E-state index in [-0.39, 0.29) is 6.04 Å². The Labute approximate surface area is 72.5 Å². The third kappa shape index (κ3) is 2.30. The molecule has 1 rings (SSSR count). The van der Waals surface area contributed by atoms with Gasteiger partial charge in [-0.15, -0.1) is 0 Å². The Kier molecular flexibility index (Phi) is 3.73. The van der Waals surface area contributed by atoms with E-state index in [9.17, 15) is 0 Å². The molecule has 1 atom stereocenters. The van der Waals surface area contributed by atoms with Crippen molar-refractivity contribution in [3.8, 4) is 0 Å². The predicted molar refractivity (Wildman–Crippen MR) is 48.4 cm³/mol. The van der Waals surface area contributed by atoms with Crippen LogP contribution in [-0.4, -0.2) is 13.7 Å². The van der Waals surface area contributed by atoms with Gasteiger partial charge in [-0.2, -0.15) is 0 Å². The van der Waals surface area contributed by atoms with Gasteiger partial charge < -0.3 is 4.74 Å². The van der Waals surface area contributed by atoms with Crippen LogP contribution in [0.15, 0.2) is 30.3 Å². The average Bonchev–Trinajstić information content (AvgIpc) is 2.15. The molecule has 0 saturated carbocycles. The lowest BCUT2D eigenvalue weighted by Crippen LogP contribution is -2.30. The fourth-order valence-electron chi connectivity index (χ4n) is 1.09. The molecule has 3 nitrogen and oxygen atoms in total. The van der Waals surface area contributed by atoms with Gasteiger partial charge >= 0.3 is 0 Å². The van der Waals surface area contributed by atoms with Gasteiger partial charge in [0.2, 0.25) is 0 Å². The smallest absolute Gasteiger partial charge is 0.0693 e. The summed E-state index contributed by atoms with van der Waals surface area (Å²) in [6.07, 6.45) is 0. The monoisotopic (exact) mass is 166 g/mol. The van der Waals surface area contributed by atoms with E-state index in [0.29, 0.717) is 6.61 Å². The molecule has 0 spiro atoms. The second-order valence-electron chi connectivity index (χ2n) is 2.59. The predicted octanol–water partition coefficient (Wildman–Crippen LogP) is 0.837. The largest absolute Gasteiger partial charge is 0.383 e. The minimum absolute atomic E-state index is 0.0798. The number of hydrogen-bond acceptors (Lipinski definition) is 3. The molecule has 0 amide bonds. The van der Waals surface area contributed by atoms with Crippen LogP contribution in [0, 0.1) is 0 Å². The summed E-state index contributed by atoms with van der Waals surface area (Å²) < 4.78 is 5.01. The zero-order valence-corrected chi connectivity index (χ0v) is 7.16. The van der Waals surface area contributed by atoms with Crippen LogP contribution in [0.4, 0.5) is 0 Å². The summed E-state index contributed by atoms with van der Waals surface area (Å²) in [5.74, 6) is 5.36. The van der Waals surface area contributed by atoms with E-state index < -0.39 is 0 Å². The fraction of sp³-hybridized carbons (Fsp3) is 0.333. The maximum absolute atomic E-state index is 5.36. The van der Waals surface area contributed by atoms with Crippen molar-refractivity contribution in [2.75, 3.05) is 13.7 Å². The minimum Gasteiger partial charge on any atom is -0.383 e. The van der Waals surface area contributed by atoms with Crippen LogP contribution in [0.25, 0.3) is 0 Å². The molecule has 0 unspecified atom stereocenters. The minimum atomic E-state index is 0.0798. The molecule has 0 aliphatic heterocycles. The molecule has 1 aromatic carbocycles. The number of benzene rings is 1.